The fourth-order valence-corrected chi connectivity index (χ4v) is 2.45. The van der Waals surface area contributed by atoms with Crippen molar-refractivity contribution in [2.75, 3.05) is 31.7 Å². The molecule has 104 valence electrons. The maximum absolute atomic E-state index is 13.1. The first-order valence-electron chi connectivity index (χ1n) is 6.39. The van der Waals surface area contributed by atoms with Gasteiger partial charge in [0.05, 0.1) is 17.9 Å². The van der Waals surface area contributed by atoms with Crippen molar-refractivity contribution in [3.8, 4) is 0 Å². The highest BCUT2D eigenvalue weighted by molar-refractivity contribution is 5.94. The standard InChI is InChI=1S/C14H18FNO3/c1-16(8-10-3-2-6-19-9-10)13-5-4-11(15)7-12(13)14(17)18/h4-5,7,10H,2-3,6,8-9H2,1H3,(H,17,18). The van der Waals surface area contributed by atoms with Crippen LogP contribution in [0.3, 0.4) is 0 Å². The smallest absolute Gasteiger partial charge is 0.337 e. The molecular weight excluding hydrogens is 249 g/mol. The van der Waals surface area contributed by atoms with Gasteiger partial charge in [-0.2, -0.15) is 0 Å². The van der Waals surface area contributed by atoms with Crippen molar-refractivity contribution in [3.05, 3.63) is 29.6 Å². The Morgan fingerprint density at radius 2 is 2.37 bits per heavy atom. The van der Waals surface area contributed by atoms with Crippen molar-refractivity contribution in [2.45, 2.75) is 12.8 Å². The molecule has 0 bridgehead atoms. The summed E-state index contributed by atoms with van der Waals surface area (Å²) in [4.78, 5) is 13.0. The molecular formula is C14H18FNO3. The number of aromatic carboxylic acids is 1. The second-order valence-electron chi connectivity index (χ2n) is 4.93. The van der Waals surface area contributed by atoms with Gasteiger partial charge in [-0.3, -0.25) is 0 Å². The molecule has 1 fully saturated rings. The van der Waals surface area contributed by atoms with Gasteiger partial charge in [0.25, 0.3) is 0 Å². The molecule has 1 heterocycles. The molecule has 0 aliphatic carbocycles. The first-order valence-corrected chi connectivity index (χ1v) is 6.39. The van der Waals surface area contributed by atoms with Crippen LogP contribution in [0.1, 0.15) is 23.2 Å². The van der Waals surface area contributed by atoms with Gasteiger partial charge >= 0.3 is 5.97 Å². The van der Waals surface area contributed by atoms with Gasteiger partial charge in [-0.1, -0.05) is 0 Å². The van der Waals surface area contributed by atoms with Gasteiger partial charge in [0.15, 0.2) is 0 Å². The minimum absolute atomic E-state index is 0.000715. The highest BCUT2D eigenvalue weighted by atomic mass is 19.1. The number of rotatable bonds is 4. The molecule has 0 spiro atoms. The minimum atomic E-state index is -1.11. The zero-order valence-corrected chi connectivity index (χ0v) is 10.9. The lowest BCUT2D eigenvalue weighted by atomic mass is 10.0. The van der Waals surface area contributed by atoms with E-state index in [2.05, 4.69) is 0 Å². The van der Waals surface area contributed by atoms with Crippen molar-refractivity contribution < 1.29 is 19.0 Å². The molecule has 4 nitrogen and oxygen atoms in total. The van der Waals surface area contributed by atoms with Crippen molar-refractivity contribution in [1.82, 2.24) is 0 Å². The highest BCUT2D eigenvalue weighted by Crippen LogP contribution is 2.23. The maximum Gasteiger partial charge on any atom is 0.337 e. The van der Waals surface area contributed by atoms with Crippen LogP contribution in [0.5, 0.6) is 0 Å². The lowest BCUT2D eigenvalue weighted by Crippen LogP contribution is -2.31. The summed E-state index contributed by atoms with van der Waals surface area (Å²) in [5.74, 6) is -1.25. The Hall–Kier alpha value is -1.62. The van der Waals surface area contributed by atoms with Gasteiger partial charge in [0, 0.05) is 20.2 Å². The van der Waals surface area contributed by atoms with Crippen molar-refractivity contribution in [2.24, 2.45) is 5.92 Å². The number of ether oxygens (including phenoxy) is 1. The molecule has 1 aliphatic rings. The number of nitrogens with zero attached hydrogens (tertiary/aromatic N) is 1. The normalized spacial score (nSPS) is 19.2. The molecule has 1 aromatic carbocycles. The molecule has 1 aliphatic heterocycles. The summed E-state index contributed by atoms with van der Waals surface area (Å²) in [5.41, 5.74) is 0.540. The summed E-state index contributed by atoms with van der Waals surface area (Å²) < 4.78 is 18.5. The van der Waals surface area contributed by atoms with Gasteiger partial charge in [0.2, 0.25) is 0 Å². The predicted molar refractivity (Wildman–Crippen MR) is 70.2 cm³/mol. The Morgan fingerprint density at radius 1 is 1.58 bits per heavy atom. The second-order valence-corrected chi connectivity index (χ2v) is 4.93. The maximum atomic E-state index is 13.1. The molecule has 1 atom stereocenters. The quantitative estimate of drug-likeness (QED) is 0.910. The van der Waals surface area contributed by atoms with Crippen LogP contribution in [0.25, 0.3) is 0 Å². The van der Waals surface area contributed by atoms with Gasteiger partial charge in [-0.15, -0.1) is 0 Å². The second kappa shape index (κ2) is 6.02. The predicted octanol–water partition coefficient (Wildman–Crippen LogP) is 2.39. The van der Waals surface area contributed by atoms with E-state index >= 15 is 0 Å². The molecule has 0 aromatic heterocycles. The first-order chi connectivity index (χ1) is 9.08. The number of anilines is 1. The van der Waals surface area contributed by atoms with E-state index in [9.17, 15) is 9.18 Å². The molecule has 0 amide bonds. The number of carbonyl (C=O) groups is 1. The molecule has 19 heavy (non-hydrogen) atoms. The number of hydrogen-bond donors (Lipinski definition) is 1. The summed E-state index contributed by atoms with van der Waals surface area (Å²) in [6.07, 6.45) is 2.11. The molecule has 5 heteroatoms. The third-order valence-electron chi connectivity index (χ3n) is 3.39. The zero-order chi connectivity index (χ0) is 13.8. The van der Waals surface area contributed by atoms with Crippen LogP contribution in [0.2, 0.25) is 0 Å². The largest absolute Gasteiger partial charge is 0.478 e. The third kappa shape index (κ3) is 3.44. The zero-order valence-electron chi connectivity index (χ0n) is 10.9. The fraction of sp³-hybridized carbons (Fsp3) is 0.500. The molecule has 2 rings (SSSR count). The average molecular weight is 267 g/mol. The van der Waals surface area contributed by atoms with Crippen LogP contribution >= 0.6 is 0 Å². The molecule has 0 radical (unpaired) electrons. The van der Waals surface area contributed by atoms with Gasteiger partial charge in [-0.25, -0.2) is 9.18 Å². The Kier molecular flexibility index (Phi) is 4.37. The van der Waals surface area contributed by atoms with Gasteiger partial charge in [0.1, 0.15) is 5.82 Å². The van der Waals surface area contributed by atoms with Gasteiger partial charge in [-0.05, 0) is 37.0 Å². The Labute approximate surface area is 111 Å². The SMILES string of the molecule is CN(CC1CCCOC1)c1ccc(F)cc1C(=O)O. The number of hydrogen-bond acceptors (Lipinski definition) is 3. The van der Waals surface area contributed by atoms with Crippen molar-refractivity contribution in [3.63, 3.8) is 0 Å². The fourth-order valence-electron chi connectivity index (χ4n) is 2.45. The summed E-state index contributed by atoms with van der Waals surface area (Å²) in [6, 6.07) is 3.86. The highest BCUT2D eigenvalue weighted by Gasteiger charge is 2.19. The lowest BCUT2D eigenvalue weighted by Gasteiger charge is -2.29. The Balaban J connectivity index is 2.13. The lowest BCUT2D eigenvalue weighted by molar-refractivity contribution is 0.0576. The van der Waals surface area contributed by atoms with Crippen LogP contribution in [0.15, 0.2) is 18.2 Å². The molecule has 1 unspecified atom stereocenters. The van der Waals surface area contributed by atoms with Crippen LogP contribution in [0.4, 0.5) is 10.1 Å². The van der Waals surface area contributed by atoms with E-state index in [0.717, 1.165) is 25.5 Å². The van der Waals surface area contributed by atoms with Crippen LogP contribution < -0.4 is 4.90 Å². The molecule has 0 saturated carbocycles. The summed E-state index contributed by atoms with van der Waals surface area (Å²) in [5, 5.41) is 9.13. The molecule has 1 aromatic rings. The molecule has 1 saturated heterocycles. The topological polar surface area (TPSA) is 49.8 Å². The Bertz CT molecular complexity index is 458. The average Bonchev–Trinajstić information content (AvgIpc) is 2.39. The van der Waals surface area contributed by atoms with E-state index in [1.807, 2.05) is 11.9 Å². The van der Waals surface area contributed by atoms with E-state index in [4.69, 9.17) is 9.84 Å². The van der Waals surface area contributed by atoms with Crippen LogP contribution in [0, 0.1) is 11.7 Å². The summed E-state index contributed by atoms with van der Waals surface area (Å²) in [6.45, 7) is 2.22. The minimum Gasteiger partial charge on any atom is -0.478 e. The van der Waals surface area contributed by atoms with Gasteiger partial charge < -0.3 is 14.7 Å². The molecule has 1 N–H and O–H groups in total. The van der Waals surface area contributed by atoms with E-state index < -0.39 is 11.8 Å². The van der Waals surface area contributed by atoms with Crippen molar-refractivity contribution >= 4 is 11.7 Å². The Morgan fingerprint density at radius 3 is 3.00 bits per heavy atom. The van der Waals surface area contributed by atoms with Crippen LogP contribution in [-0.2, 0) is 4.74 Å². The van der Waals surface area contributed by atoms with Crippen molar-refractivity contribution in [1.29, 1.82) is 0 Å². The number of carboxylic acids is 1. The number of benzene rings is 1. The van der Waals surface area contributed by atoms with Crippen LogP contribution in [-0.4, -0.2) is 37.9 Å². The third-order valence-corrected chi connectivity index (χ3v) is 3.39. The monoisotopic (exact) mass is 267 g/mol. The van der Waals surface area contributed by atoms with E-state index in [1.54, 1.807) is 0 Å². The summed E-state index contributed by atoms with van der Waals surface area (Å²) in [7, 11) is 1.83. The number of carboxylic acid groups (broad SMARTS) is 1. The van der Waals surface area contributed by atoms with E-state index in [1.165, 1.54) is 12.1 Å². The number of halogens is 1. The van der Waals surface area contributed by atoms with E-state index in [-0.39, 0.29) is 5.56 Å². The summed E-state index contributed by atoms with van der Waals surface area (Å²) >= 11 is 0. The van der Waals surface area contributed by atoms with E-state index in [0.29, 0.717) is 24.8 Å². The first kappa shape index (κ1) is 13.8.